The maximum absolute atomic E-state index is 11.3. The van der Waals surface area contributed by atoms with Gasteiger partial charge in [0.2, 0.25) is 5.91 Å². The SMILES string of the molecule is NCc1ccccc1N1CCCC1C(N)=O. The number of anilines is 1. The van der Waals surface area contributed by atoms with Gasteiger partial charge in [-0.3, -0.25) is 4.79 Å². The van der Waals surface area contributed by atoms with Crippen LogP contribution in [0.3, 0.4) is 0 Å². The van der Waals surface area contributed by atoms with E-state index >= 15 is 0 Å². The van der Waals surface area contributed by atoms with Crippen LogP contribution in [0.1, 0.15) is 18.4 Å². The highest BCUT2D eigenvalue weighted by Gasteiger charge is 2.29. The van der Waals surface area contributed by atoms with Crippen molar-refractivity contribution >= 4 is 11.6 Å². The number of nitrogens with zero attached hydrogens (tertiary/aromatic N) is 1. The minimum absolute atomic E-state index is 0.173. The van der Waals surface area contributed by atoms with Crippen molar-refractivity contribution in [3.63, 3.8) is 0 Å². The minimum atomic E-state index is -0.246. The zero-order chi connectivity index (χ0) is 11.5. The highest BCUT2D eigenvalue weighted by atomic mass is 16.1. The Labute approximate surface area is 95.2 Å². The molecule has 1 fully saturated rings. The molecule has 1 aromatic rings. The molecule has 1 aromatic carbocycles. The van der Waals surface area contributed by atoms with E-state index in [1.54, 1.807) is 0 Å². The van der Waals surface area contributed by atoms with E-state index in [0.717, 1.165) is 30.6 Å². The molecule has 0 saturated carbocycles. The Morgan fingerprint density at radius 3 is 2.88 bits per heavy atom. The number of hydrogen-bond donors (Lipinski definition) is 2. The molecule has 1 atom stereocenters. The van der Waals surface area contributed by atoms with Crippen molar-refractivity contribution in [1.29, 1.82) is 0 Å². The van der Waals surface area contributed by atoms with Crippen LogP contribution in [0.15, 0.2) is 24.3 Å². The molecule has 1 heterocycles. The van der Waals surface area contributed by atoms with E-state index in [1.807, 2.05) is 24.3 Å². The Morgan fingerprint density at radius 1 is 1.44 bits per heavy atom. The number of nitrogens with two attached hydrogens (primary N) is 2. The maximum atomic E-state index is 11.3. The lowest BCUT2D eigenvalue weighted by atomic mass is 10.1. The zero-order valence-electron chi connectivity index (χ0n) is 9.23. The van der Waals surface area contributed by atoms with Crippen molar-refractivity contribution < 1.29 is 4.79 Å². The van der Waals surface area contributed by atoms with Crippen LogP contribution in [0.2, 0.25) is 0 Å². The fourth-order valence-electron chi connectivity index (χ4n) is 2.31. The summed E-state index contributed by atoms with van der Waals surface area (Å²) in [6.07, 6.45) is 1.85. The Hall–Kier alpha value is -1.55. The summed E-state index contributed by atoms with van der Waals surface area (Å²) in [5.74, 6) is -0.246. The molecule has 4 N–H and O–H groups in total. The van der Waals surface area contributed by atoms with Crippen LogP contribution in [0.5, 0.6) is 0 Å². The Morgan fingerprint density at radius 2 is 2.19 bits per heavy atom. The summed E-state index contributed by atoms with van der Waals surface area (Å²) in [5, 5.41) is 0. The van der Waals surface area contributed by atoms with Gasteiger partial charge in [-0.1, -0.05) is 18.2 Å². The molecule has 1 unspecified atom stereocenters. The van der Waals surface area contributed by atoms with E-state index < -0.39 is 0 Å². The molecule has 4 nitrogen and oxygen atoms in total. The molecule has 1 aliphatic rings. The lowest BCUT2D eigenvalue weighted by molar-refractivity contribution is -0.119. The zero-order valence-corrected chi connectivity index (χ0v) is 9.23. The van der Waals surface area contributed by atoms with Crippen molar-refractivity contribution in [1.82, 2.24) is 0 Å². The molecule has 1 amide bonds. The molecule has 4 heteroatoms. The second-order valence-electron chi connectivity index (χ2n) is 4.09. The summed E-state index contributed by atoms with van der Waals surface area (Å²) in [5.41, 5.74) is 13.2. The van der Waals surface area contributed by atoms with Crippen molar-refractivity contribution in [3.8, 4) is 0 Å². The first kappa shape index (κ1) is 11.0. The average molecular weight is 219 g/mol. The number of hydrogen-bond acceptors (Lipinski definition) is 3. The largest absolute Gasteiger partial charge is 0.368 e. The van der Waals surface area contributed by atoms with E-state index in [1.165, 1.54) is 0 Å². The van der Waals surface area contributed by atoms with E-state index in [0.29, 0.717) is 6.54 Å². The van der Waals surface area contributed by atoms with E-state index in [-0.39, 0.29) is 11.9 Å². The molecule has 1 aliphatic heterocycles. The molecule has 1 saturated heterocycles. The lowest BCUT2D eigenvalue weighted by Gasteiger charge is -2.26. The number of carbonyl (C=O) groups excluding carboxylic acids is 1. The van der Waals surface area contributed by atoms with Gasteiger partial charge in [0.05, 0.1) is 0 Å². The van der Waals surface area contributed by atoms with Gasteiger partial charge >= 0.3 is 0 Å². The number of rotatable bonds is 3. The van der Waals surface area contributed by atoms with Gasteiger partial charge in [0, 0.05) is 18.8 Å². The normalized spacial score (nSPS) is 20.1. The van der Waals surface area contributed by atoms with Gasteiger partial charge < -0.3 is 16.4 Å². The number of amides is 1. The fourth-order valence-corrected chi connectivity index (χ4v) is 2.31. The molecule has 0 aromatic heterocycles. The van der Waals surface area contributed by atoms with E-state index in [4.69, 9.17) is 11.5 Å². The highest BCUT2D eigenvalue weighted by Crippen LogP contribution is 2.28. The third kappa shape index (κ3) is 1.88. The maximum Gasteiger partial charge on any atom is 0.240 e. The van der Waals surface area contributed by atoms with Gasteiger partial charge in [-0.05, 0) is 24.5 Å². The smallest absolute Gasteiger partial charge is 0.240 e. The molecule has 0 spiro atoms. The van der Waals surface area contributed by atoms with Crippen molar-refractivity contribution in [3.05, 3.63) is 29.8 Å². The molecular weight excluding hydrogens is 202 g/mol. The molecule has 0 aliphatic carbocycles. The summed E-state index contributed by atoms with van der Waals surface area (Å²) < 4.78 is 0. The standard InChI is InChI=1S/C12H17N3O/c13-8-9-4-1-2-5-10(9)15-7-3-6-11(15)12(14)16/h1-2,4-5,11H,3,6-8,13H2,(H2,14,16). The van der Waals surface area contributed by atoms with Gasteiger partial charge in [-0.2, -0.15) is 0 Å². The topological polar surface area (TPSA) is 72.3 Å². The summed E-state index contributed by atoms with van der Waals surface area (Å²) in [6.45, 7) is 1.36. The Balaban J connectivity index is 2.32. The van der Waals surface area contributed by atoms with Crippen molar-refractivity contribution in [2.24, 2.45) is 11.5 Å². The summed E-state index contributed by atoms with van der Waals surface area (Å²) in [4.78, 5) is 13.4. The molecule has 0 radical (unpaired) electrons. The molecule has 86 valence electrons. The number of para-hydroxylation sites is 1. The molecule has 2 rings (SSSR count). The number of benzene rings is 1. The van der Waals surface area contributed by atoms with Crippen LogP contribution in [0, 0.1) is 0 Å². The predicted octanol–water partition coefficient (Wildman–Crippen LogP) is 0.599. The second kappa shape index (κ2) is 4.53. The van der Waals surface area contributed by atoms with Crippen LogP contribution in [0.25, 0.3) is 0 Å². The first-order valence-corrected chi connectivity index (χ1v) is 5.58. The average Bonchev–Trinajstić information content (AvgIpc) is 2.77. The number of primary amides is 1. The van der Waals surface area contributed by atoms with E-state index in [2.05, 4.69) is 4.90 Å². The Kier molecular flexibility index (Phi) is 3.10. The summed E-state index contributed by atoms with van der Waals surface area (Å²) in [6, 6.07) is 7.74. The van der Waals surface area contributed by atoms with Crippen LogP contribution in [-0.2, 0) is 11.3 Å². The lowest BCUT2D eigenvalue weighted by Crippen LogP contribution is -2.40. The van der Waals surface area contributed by atoms with Crippen LogP contribution in [0.4, 0.5) is 5.69 Å². The molecule has 0 bridgehead atoms. The van der Waals surface area contributed by atoms with Gasteiger partial charge in [0.25, 0.3) is 0 Å². The first-order valence-electron chi connectivity index (χ1n) is 5.58. The predicted molar refractivity (Wildman–Crippen MR) is 63.9 cm³/mol. The van der Waals surface area contributed by atoms with Crippen molar-refractivity contribution in [2.45, 2.75) is 25.4 Å². The third-order valence-electron chi connectivity index (χ3n) is 3.10. The highest BCUT2D eigenvalue weighted by molar-refractivity contribution is 5.84. The van der Waals surface area contributed by atoms with Gasteiger partial charge in [0.1, 0.15) is 6.04 Å². The quantitative estimate of drug-likeness (QED) is 0.782. The molecule has 16 heavy (non-hydrogen) atoms. The van der Waals surface area contributed by atoms with Crippen LogP contribution < -0.4 is 16.4 Å². The van der Waals surface area contributed by atoms with Crippen molar-refractivity contribution in [2.75, 3.05) is 11.4 Å². The first-order chi connectivity index (χ1) is 7.74. The second-order valence-corrected chi connectivity index (χ2v) is 4.09. The van der Waals surface area contributed by atoms with Crippen LogP contribution >= 0.6 is 0 Å². The summed E-state index contributed by atoms with van der Waals surface area (Å²) >= 11 is 0. The minimum Gasteiger partial charge on any atom is -0.368 e. The number of carbonyl (C=O) groups is 1. The summed E-state index contributed by atoms with van der Waals surface area (Å²) in [7, 11) is 0. The van der Waals surface area contributed by atoms with Gasteiger partial charge in [-0.25, -0.2) is 0 Å². The van der Waals surface area contributed by atoms with Gasteiger partial charge in [0.15, 0.2) is 0 Å². The Bertz CT molecular complexity index is 392. The van der Waals surface area contributed by atoms with Gasteiger partial charge in [-0.15, -0.1) is 0 Å². The monoisotopic (exact) mass is 219 g/mol. The fraction of sp³-hybridized carbons (Fsp3) is 0.417. The third-order valence-corrected chi connectivity index (χ3v) is 3.10. The van der Waals surface area contributed by atoms with E-state index in [9.17, 15) is 4.79 Å². The van der Waals surface area contributed by atoms with Crippen LogP contribution in [-0.4, -0.2) is 18.5 Å². The molecular formula is C12H17N3O.